The van der Waals surface area contributed by atoms with E-state index in [1.54, 1.807) is 6.07 Å². The summed E-state index contributed by atoms with van der Waals surface area (Å²) in [5, 5.41) is 2.51. The van der Waals surface area contributed by atoms with Crippen LogP contribution in [0.3, 0.4) is 0 Å². The molecule has 0 aromatic heterocycles. The predicted molar refractivity (Wildman–Crippen MR) is 74.8 cm³/mol. The number of halogens is 2. The Morgan fingerprint density at radius 3 is 2.48 bits per heavy atom. The van der Waals surface area contributed by atoms with Crippen molar-refractivity contribution in [1.82, 2.24) is 0 Å². The summed E-state index contributed by atoms with van der Waals surface area (Å²) in [7, 11) is 0. The quantitative estimate of drug-likeness (QED) is 0.889. The van der Waals surface area contributed by atoms with E-state index >= 15 is 0 Å². The summed E-state index contributed by atoms with van der Waals surface area (Å²) < 4.78 is 31.4. The summed E-state index contributed by atoms with van der Waals surface area (Å²) in [6.45, 7) is -0.126. The van der Waals surface area contributed by atoms with Gasteiger partial charge in [-0.05, 0) is 42.0 Å². The lowest BCUT2D eigenvalue weighted by Gasteiger charge is -2.09. The van der Waals surface area contributed by atoms with E-state index in [0.717, 1.165) is 0 Å². The Kier molecular flexibility index (Phi) is 4.84. The number of amides is 1. The van der Waals surface area contributed by atoms with E-state index in [4.69, 9.17) is 10.5 Å². The molecular formula is C15H14F2N2O2. The third kappa shape index (κ3) is 4.25. The molecule has 0 radical (unpaired) electrons. The monoisotopic (exact) mass is 292 g/mol. The smallest absolute Gasteiger partial charge is 0.262 e. The molecule has 110 valence electrons. The zero-order valence-corrected chi connectivity index (χ0v) is 11.1. The van der Waals surface area contributed by atoms with Gasteiger partial charge in [0.05, 0.1) is 0 Å². The Balaban J connectivity index is 1.90. The van der Waals surface area contributed by atoms with E-state index in [0.29, 0.717) is 11.3 Å². The van der Waals surface area contributed by atoms with Gasteiger partial charge in [0.1, 0.15) is 5.82 Å². The molecule has 0 aliphatic heterocycles. The van der Waals surface area contributed by atoms with Crippen molar-refractivity contribution in [1.29, 1.82) is 0 Å². The number of rotatable bonds is 5. The van der Waals surface area contributed by atoms with Crippen LogP contribution in [0.2, 0.25) is 0 Å². The molecule has 0 fully saturated rings. The lowest BCUT2D eigenvalue weighted by molar-refractivity contribution is -0.118. The van der Waals surface area contributed by atoms with Gasteiger partial charge in [0, 0.05) is 12.2 Å². The molecule has 2 aromatic carbocycles. The standard InChI is InChI=1S/C15H14F2N2O2/c16-11-2-4-12(5-3-11)19-15(20)9-21-14-6-1-10(8-18)7-13(14)17/h1-7H,8-9,18H2,(H,19,20). The van der Waals surface area contributed by atoms with E-state index in [1.165, 1.54) is 36.4 Å². The largest absolute Gasteiger partial charge is 0.481 e. The van der Waals surface area contributed by atoms with Gasteiger partial charge in [0.2, 0.25) is 0 Å². The maximum Gasteiger partial charge on any atom is 0.262 e. The molecule has 4 nitrogen and oxygen atoms in total. The number of ether oxygens (including phenoxy) is 1. The van der Waals surface area contributed by atoms with Crippen LogP contribution in [0.5, 0.6) is 5.75 Å². The third-order valence-electron chi connectivity index (χ3n) is 2.72. The van der Waals surface area contributed by atoms with E-state index in [1.807, 2.05) is 0 Å². The number of nitrogens with one attached hydrogen (secondary N) is 1. The van der Waals surface area contributed by atoms with Gasteiger partial charge in [0.25, 0.3) is 5.91 Å². The zero-order valence-electron chi connectivity index (χ0n) is 11.1. The van der Waals surface area contributed by atoms with Crippen molar-refractivity contribution in [2.45, 2.75) is 6.54 Å². The summed E-state index contributed by atoms with van der Waals surface area (Å²) in [6, 6.07) is 9.59. The van der Waals surface area contributed by atoms with Gasteiger partial charge in [-0.1, -0.05) is 6.07 Å². The van der Waals surface area contributed by atoms with Crippen LogP contribution >= 0.6 is 0 Å². The molecule has 1 amide bonds. The topological polar surface area (TPSA) is 64.3 Å². The Morgan fingerprint density at radius 2 is 1.86 bits per heavy atom. The maximum atomic E-state index is 13.6. The summed E-state index contributed by atoms with van der Waals surface area (Å²) >= 11 is 0. The highest BCUT2D eigenvalue weighted by Crippen LogP contribution is 2.18. The van der Waals surface area contributed by atoms with Crippen LogP contribution in [0.15, 0.2) is 42.5 Å². The fourth-order valence-corrected chi connectivity index (χ4v) is 1.66. The molecule has 0 saturated heterocycles. The number of hydrogen-bond acceptors (Lipinski definition) is 3. The van der Waals surface area contributed by atoms with Crippen molar-refractivity contribution >= 4 is 11.6 Å². The van der Waals surface area contributed by atoms with E-state index in [-0.39, 0.29) is 18.9 Å². The predicted octanol–water partition coefficient (Wildman–Crippen LogP) is 2.44. The van der Waals surface area contributed by atoms with Crippen LogP contribution in [-0.4, -0.2) is 12.5 Å². The van der Waals surface area contributed by atoms with E-state index in [2.05, 4.69) is 5.32 Å². The van der Waals surface area contributed by atoms with Gasteiger partial charge < -0.3 is 15.8 Å². The highest BCUT2D eigenvalue weighted by atomic mass is 19.1. The van der Waals surface area contributed by atoms with Crippen LogP contribution in [0, 0.1) is 11.6 Å². The summed E-state index contributed by atoms with van der Waals surface area (Å²) in [5.74, 6) is -1.47. The highest BCUT2D eigenvalue weighted by Gasteiger charge is 2.08. The molecule has 0 heterocycles. The summed E-state index contributed by atoms with van der Waals surface area (Å²) in [6.07, 6.45) is 0. The molecule has 2 aromatic rings. The molecule has 0 atom stereocenters. The average molecular weight is 292 g/mol. The summed E-state index contributed by atoms with van der Waals surface area (Å²) in [4.78, 5) is 11.6. The van der Waals surface area contributed by atoms with Crippen LogP contribution < -0.4 is 15.8 Å². The molecule has 0 saturated carbocycles. The van der Waals surface area contributed by atoms with Gasteiger partial charge in [-0.15, -0.1) is 0 Å². The number of anilines is 1. The second-order valence-corrected chi connectivity index (χ2v) is 4.31. The molecular weight excluding hydrogens is 278 g/mol. The second kappa shape index (κ2) is 6.81. The summed E-state index contributed by atoms with van der Waals surface area (Å²) in [5.41, 5.74) is 6.46. The highest BCUT2D eigenvalue weighted by molar-refractivity contribution is 5.91. The fraction of sp³-hybridized carbons (Fsp3) is 0.133. The van der Waals surface area contributed by atoms with Crippen molar-refractivity contribution in [2.24, 2.45) is 5.73 Å². The zero-order chi connectivity index (χ0) is 15.2. The van der Waals surface area contributed by atoms with E-state index < -0.39 is 17.5 Å². The first kappa shape index (κ1) is 14.9. The molecule has 21 heavy (non-hydrogen) atoms. The molecule has 0 spiro atoms. The van der Waals surface area contributed by atoms with Crippen molar-refractivity contribution in [3.8, 4) is 5.75 Å². The van der Waals surface area contributed by atoms with Gasteiger partial charge in [0.15, 0.2) is 18.2 Å². The molecule has 0 unspecified atom stereocenters. The van der Waals surface area contributed by atoms with Crippen LogP contribution in [0.4, 0.5) is 14.5 Å². The van der Waals surface area contributed by atoms with E-state index in [9.17, 15) is 13.6 Å². The number of hydrogen-bond donors (Lipinski definition) is 2. The van der Waals surface area contributed by atoms with Crippen molar-refractivity contribution < 1.29 is 18.3 Å². The first-order chi connectivity index (χ1) is 10.1. The van der Waals surface area contributed by atoms with Gasteiger partial charge >= 0.3 is 0 Å². The number of carbonyl (C=O) groups excluding carboxylic acids is 1. The average Bonchev–Trinajstić information content (AvgIpc) is 2.48. The van der Waals surface area contributed by atoms with Gasteiger partial charge in [-0.2, -0.15) is 0 Å². The molecule has 0 bridgehead atoms. The van der Waals surface area contributed by atoms with Crippen molar-refractivity contribution in [3.05, 3.63) is 59.7 Å². The molecule has 2 rings (SSSR count). The molecule has 3 N–H and O–H groups in total. The lowest BCUT2D eigenvalue weighted by atomic mass is 10.2. The van der Waals surface area contributed by atoms with Gasteiger partial charge in [-0.25, -0.2) is 8.78 Å². The van der Waals surface area contributed by atoms with Crippen LogP contribution in [-0.2, 0) is 11.3 Å². The Labute approximate surface area is 120 Å². The first-order valence-corrected chi connectivity index (χ1v) is 6.25. The number of benzene rings is 2. The minimum atomic E-state index is -0.576. The number of carbonyl (C=O) groups is 1. The minimum Gasteiger partial charge on any atom is -0.481 e. The Bertz CT molecular complexity index is 630. The molecule has 0 aliphatic rings. The molecule has 6 heteroatoms. The Hall–Kier alpha value is -2.47. The lowest BCUT2D eigenvalue weighted by Crippen LogP contribution is -2.20. The number of nitrogens with two attached hydrogens (primary N) is 1. The van der Waals surface area contributed by atoms with Crippen molar-refractivity contribution in [2.75, 3.05) is 11.9 Å². The van der Waals surface area contributed by atoms with Crippen LogP contribution in [0.25, 0.3) is 0 Å². The SMILES string of the molecule is NCc1ccc(OCC(=O)Nc2ccc(F)cc2)c(F)c1. The second-order valence-electron chi connectivity index (χ2n) is 4.31. The fourth-order valence-electron chi connectivity index (χ4n) is 1.66. The first-order valence-electron chi connectivity index (χ1n) is 6.25. The third-order valence-corrected chi connectivity index (χ3v) is 2.72. The molecule has 0 aliphatic carbocycles. The van der Waals surface area contributed by atoms with Crippen molar-refractivity contribution in [3.63, 3.8) is 0 Å². The van der Waals surface area contributed by atoms with Crippen LogP contribution in [0.1, 0.15) is 5.56 Å². The maximum absolute atomic E-state index is 13.6. The Morgan fingerprint density at radius 1 is 1.14 bits per heavy atom. The minimum absolute atomic E-state index is 0.0264. The van der Waals surface area contributed by atoms with Gasteiger partial charge in [-0.3, -0.25) is 4.79 Å². The normalized spacial score (nSPS) is 10.2.